The van der Waals surface area contributed by atoms with E-state index < -0.39 is 0 Å². The molecule has 0 aliphatic rings. The van der Waals surface area contributed by atoms with E-state index in [2.05, 4.69) is 64.1 Å². The van der Waals surface area contributed by atoms with Crippen molar-refractivity contribution in [3.05, 3.63) is 101 Å². The lowest BCUT2D eigenvalue weighted by atomic mass is 10.1. The Morgan fingerprint density at radius 2 is 1.08 bits per heavy atom. The second-order valence-electron chi connectivity index (χ2n) is 11.3. The summed E-state index contributed by atoms with van der Waals surface area (Å²) < 4.78 is 36.3. The zero-order valence-electron chi connectivity index (χ0n) is 29.5. The fourth-order valence-corrected chi connectivity index (χ4v) is 4.91. The fourth-order valence-electron chi connectivity index (χ4n) is 4.59. The van der Waals surface area contributed by atoms with Gasteiger partial charge in [0.15, 0.2) is 0 Å². The Hall–Kier alpha value is -4.49. The predicted octanol–water partition coefficient (Wildman–Crippen LogP) is 4.48. The van der Waals surface area contributed by atoms with Gasteiger partial charge in [-0.1, -0.05) is 52.9 Å². The van der Waals surface area contributed by atoms with Gasteiger partial charge in [0.2, 0.25) is 17.8 Å². The number of benzene rings is 3. The molecule has 5 N–H and O–H groups in total. The first-order chi connectivity index (χ1) is 26.0. The van der Waals surface area contributed by atoms with Gasteiger partial charge in [0, 0.05) is 47.4 Å². The zero-order valence-corrected chi connectivity index (χ0v) is 31.6. The van der Waals surface area contributed by atoms with Crippen molar-refractivity contribution >= 4 is 57.9 Å². The summed E-state index contributed by atoms with van der Waals surface area (Å²) in [4.78, 5) is 38.2. The molecule has 0 radical (unpaired) electrons. The van der Waals surface area contributed by atoms with Crippen LogP contribution in [0, 0.1) is 5.82 Å². The molecule has 284 valence electrons. The topological polar surface area (TPSA) is 170 Å². The van der Waals surface area contributed by atoms with Crippen LogP contribution in [0.3, 0.4) is 0 Å². The molecule has 1 aromatic heterocycles. The number of carbonyl (C=O) groups is 2. The largest absolute Gasteiger partial charge is 0.378 e. The highest BCUT2D eigenvalue weighted by Crippen LogP contribution is 2.17. The minimum absolute atomic E-state index is 0.140. The summed E-state index contributed by atoms with van der Waals surface area (Å²) in [5.74, 6) is 0.332. The van der Waals surface area contributed by atoms with Crippen LogP contribution < -0.4 is 26.6 Å². The number of nitrogens with zero attached hydrogens (tertiary/aromatic N) is 3. The molecule has 16 heteroatoms. The number of halogens is 2. The molecule has 0 atom stereocenters. The van der Waals surface area contributed by atoms with Crippen LogP contribution in [0.25, 0.3) is 0 Å². The smallest absolute Gasteiger partial charge is 0.251 e. The quantitative estimate of drug-likeness (QED) is 0.0342. The molecular formula is C37H46FIN8O6. The van der Waals surface area contributed by atoms with Crippen molar-refractivity contribution in [3.8, 4) is 0 Å². The van der Waals surface area contributed by atoms with Crippen LogP contribution in [0.2, 0.25) is 0 Å². The Bertz CT molecular complexity index is 1640. The molecule has 14 nitrogen and oxygen atoms in total. The molecule has 4 rings (SSSR count). The monoisotopic (exact) mass is 844 g/mol. The average molecular weight is 845 g/mol. The highest BCUT2D eigenvalue weighted by atomic mass is 127. The summed E-state index contributed by atoms with van der Waals surface area (Å²) in [6, 6.07) is 22.3. The molecule has 3 aromatic carbocycles. The zero-order chi connectivity index (χ0) is 37.4. The molecule has 0 unspecified atom stereocenters. The Balaban J connectivity index is 1.21. The van der Waals surface area contributed by atoms with Crippen LogP contribution >= 0.6 is 22.6 Å². The number of aromatic nitrogens is 3. The van der Waals surface area contributed by atoms with Crippen molar-refractivity contribution in [3.63, 3.8) is 0 Å². The average Bonchev–Trinajstić information content (AvgIpc) is 3.18. The lowest BCUT2D eigenvalue weighted by Crippen LogP contribution is -2.27. The van der Waals surface area contributed by atoms with E-state index in [0.717, 1.165) is 9.99 Å². The molecule has 0 fully saturated rings. The van der Waals surface area contributed by atoms with E-state index in [1.807, 2.05) is 18.2 Å². The molecule has 0 saturated heterocycles. The van der Waals surface area contributed by atoms with Crippen molar-refractivity contribution in [2.45, 2.75) is 6.42 Å². The maximum absolute atomic E-state index is 13.3. The standard InChI is InChI=1S/C37H46FIN8O6/c38-31-10-6-28(7-11-31)14-16-42-35-45-36(43-19-23-53-27-26-52-21-17-40-33(48)29-4-2-1-3-5-29)47-37(46-35)44-32-12-8-30(9-13-32)34(49)41-18-22-51-25-24-50-20-15-39/h1-13H,14-27H2,(H,40,48)(H,41,49)(H3,42,43,44,45,46,47). The highest BCUT2D eigenvalue weighted by Gasteiger charge is 2.10. The Kier molecular flexibility index (Phi) is 19.2. The third kappa shape index (κ3) is 16.8. The number of hydrogen-bond acceptors (Lipinski definition) is 12. The van der Waals surface area contributed by atoms with Gasteiger partial charge in [-0.15, -0.1) is 0 Å². The van der Waals surface area contributed by atoms with E-state index in [0.29, 0.717) is 114 Å². The Labute approximate surface area is 322 Å². The number of carbonyl (C=O) groups excluding carboxylic acids is 2. The third-order valence-corrected chi connectivity index (χ3v) is 7.68. The van der Waals surface area contributed by atoms with Crippen molar-refractivity contribution in [2.75, 3.05) is 99.4 Å². The summed E-state index contributed by atoms with van der Waals surface area (Å²) in [6.45, 7) is 5.33. The second-order valence-corrected chi connectivity index (χ2v) is 12.3. The van der Waals surface area contributed by atoms with Gasteiger partial charge in [0.1, 0.15) is 5.82 Å². The Morgan fingerprint density at radius 1 is 0.566 bits per heavy atom. The van der Waals surface area contributed by atoms with Crippen molar-refractivity contribution in [1.82, 2.24) is 25.6 Å². The van der Waals surface area contributed by atoms with Gasteiger partial charge in [-0.3, -0.25) is 9.59 Å². The molecular weight excluding hydrogens is 798 g/mol. The van der Waals surface area contributed by atoms with Crippen molar-refractivity contribution in [1.29, 1.82) is 0 Å². The number of amides is 2. The lowest BCUT2D eigenvalue weighted by molar-refractivity contribution is 0.0519. The maximum atomic E-state index is 13.3. The van der Waals surface area contributed by atoms with E-state index in [1.54, 1.807) is 48.5 Å². The minimum Gasteiger partial charge on any atom is -0.378 e. The summed E-state index contributed by atoms with van der Waals surface area (Å²) in [5, 5.41) is 15.2. The van der Waals surface area contributed by atoms with Crippen LogP contribution in [-0.2, 0) is 25.4 Å². The summed E-state index contributed by atoms with van der Waals surface area (Å²) >= 11 is 2.25. The molecule has 4 aromatic rings. The molecule has 0 bridgehead atoms. The summed E-state index contributed by atoms with van der Waals surface area (Å²) in [7, 11) is 0. The van der Waals surface area contributed by atoms with Crippen molar-refractivity contribution < 1.29 is 32.9 Å². The van der Waals surface area contributed by atoms with Crippen LogP contribution in [0.1, 0.15) is 26.3 Å². The first-order valence-electron chi connectivity index (χ1n) is 17.3. The van der Waals surface area contributed by atoms with E-state index >= 15 is 0 Å². The van der Waals surface area contributed by atoms with Gasteiger partial charge in [-0.05, 0) is 60.5 Å². The van der Waals surface area contributed by atoms with E-state index in [4.69, 9.17) is 18.9 Å². The SMILES string of the molecule is O=C(NCCOCCOCCI)c1ccc(Nc2nc(NCCOCCOCCNC(=O)c3ccccc3)nc(NCCc3ccc(F)cc3)n2)cc1. The van der Waals surface area contributed by atoms with E-state index in [9.17, 15) is 14.0 Å². The number of alkyl halides is 1. The van der Waals surface area contributed by atoms with Gasteiger partial charge >= 0.3 is 0 Å². The summed E-state index contributed by atoms with van der Waals surface area (Å²) in [5.41, 5.74) is 2.75. The molecule has 2 amide bonds. The lowest BCUT2D eigenvalue weighted by Gasteiger charge is -2.12. The van der Waals surface area contributed by atoms with Crippen LogP contribution in [0.5, 0.6) is 0 Å². The minimum atomic E-state index is -0.283. The number of nitrogens with one attached hydrogen (secondary N) is 5. The number of hydrogen-bond donors (Lipinski definition) is 5. The van der Waals surface area contributed by atoms with E-state index in [1.165, 1.54) is 12.1 Å². The molecule has 53 heavy (non-hydrogen) atoms. The summed E-state index contributed by atoms with van der Waals surface area (Å²) in [6.07, 6.45) is 0.634. The van der Waals surface area contributed by atoms with Crippen LogP contribution in [0.15, 0.2) is 78.9 Å². The van der Waals surface area contributed by atoms with Gasteiger partial charge < -0.3 is 45.5 Å². The molecule has 1 heterocycles. The second kappa shape index (κ2) is 24.7. The molecule has 0 aliphatic carbocycles. The maximum Gasteiger partial charge on any atom is 0.251 e. The molecule has 0 spiro atoms. The first-order valence-corrected chi connectivity index (χ1v) is 18.9. The number of anilines is 4. The molecule has 0 saturated carbocycles. The fraction of sp³-hybridized carbons (Fsp3) is 0.378. The van der Waals surface area contributed by atoms with Gasteiger partial charge in [0.05, 0.1) is 52.9 Å². The molecule has 0 aliphatic heterocycles. The third-order valence-electron chi connectivity index (χ3n) is 7.24. The first kappa shape index (κ1) is 41.3. The van der Waals surface area contributed by atoms with Crippen LogP contribution in [0.4, 0.5) is 27.9 Å². The number of ether oxygens (including phenoxy) is 4. The number of rotatable bonds is 26. The van der Waals surface area contributed by atoms with Gasteiger partial charge in [-0.25, -0.2) is 4.39 Å². The van der Waals surface area contributed by atoms with Gasteiger partial charge in [0.25, 0.3) is 11.8 Å². The van der Waals surface area contributed by atoms with Gasteiger partial charge in [-0.2, -0.15) is 15.0 Å². The van der Waals surface area contributed by atoms with E-state index in [-0.39, 0.29) is 23.6 Å². The van der Waals surface area contributed by atoms with Crippen molar-refractivity contribution in [2.24, 2.45) is 0 Å². The normalized spacial score (nSPS) is 10.8. The predicted molar refractivity (Wildman–Crippen MR) is 210 cm³/mol. The Morgan fingerprint density at radius 3 is 1.66 bits per heavy atom. The van der Waals surface area contributed by atoms with Crippen LogP contribution in [-0.4, -0.2) is 110 Å². The highest BCUT2D eigenvalue weighted by molar-refractivity contribution is 14.1.